The lowest BCUT2D eigenvalue weighted by Gasteiger charge is -2.05. The average molecular weight is 382 g/mol. The number of benzene rings is 2. The van der Waals surface area contributed by atoms with Gasteiger partial charge < -0.3 is 14.2 Å². The van der Waals surface area contributed by atoms with Gasteiger partial charge in [0.2, 0.25) is 5.82 Å². The molecule has 2 aromatic carbocycles. The summed E-state index contributed by atoms with van der Waals surface area (Å²) in [6, 6.07) is 13.6. The van der Waals surface area contributed by atoms with E-state index in [1.165, 1.54) is 7.11 Å². The summed E-state index contributed by atoms with van der Waals surface area (Å²) >= 11 is 0. The Morgan fingerprint density at radius 2 is 1.54 bits per heavy atom. The summed E-state index contributed by atoms with van der Waals surface area (Å²) in [5.41, 5.74) is 1.16. The molecular weight excluding hydrogens is 364 g/mol. The Hall–Kier alpha value is -3.75. The molecule has 0 bridgehead atoms. The maximum atomic E-state index is 12.1. The van der Waals surface area contributed by atoms with Crippen LogP contribution in [-0.4, -0.2) is 52.8 Å². The molecule has 0 saturated heterocycles. The Kier molecular flexibility index (Phi) is 5.95. The topological polar surface area (TPSA) is 105 Å². The van der Waals surface area contributed by atoms with Crippen LogP contribution in [0.25, 0.3) is 11.4 Å². The number of Topliss-reactive ketones (excluding diaryl/α,β-unsaturated/α-hetero) is 1. The Labute approximate surface area is 160 Å². The first-order chi connectivity index (χ1) is 13.6. The zero-order valence-electron chi connectivity index (χ0n) is 15.4. The third kappa shape index (κ3) is 4.70. The molecule has 0 atom stereocenters. The third-order valence-corrected chi connectivity index (χ3v) is 3.85. The van der Waals surface area contributed by atoms with Crippen LogP contribution in [0, 0.1) is 0 Å². The van der Waals surface area contributed by atoms with Gasteiger partial charge in [0.25, 0.3) is 0 Å². The quantitative estimate of drug-likeness (QED) is 0.429. The van der Waals surface area contributed by atoms with Crippen molar-refractivity contribution in [3.8, 4) is 22.9 Å². The van der Waals surface area contributed by atoms with Crippen LogP contribution in [0.5, 0.6) is 11.5 Å². The van der Waals surface area contributed by atoms with Crippen molar-refractivity contribution in [2.24, 2.45) is 0 Å². The molecule has 9 heteroatoms. The molecule has 1 aromatic heterocycles. The number of methoxy groups -OCH3 is 2. The maximum absolute atomic E-state index is 12.1. The van der Waals surface area contributed by atoms with Crippen molar-refractivity contribution in [3.05, 3.63) is 54.1 Å². The van der Waals surface area contributed by atoms with Gasteiger partial charge in [-0.25, -0.2) is 4.79 Å². The van der Waals surface area contributed by atoms with Crippen molar-refractivity contribution < 1.29 is 23.8 Å². The molecule has 144 valence electrons. The fraction of sp³-hybridized carbons (Fsp3) is 0.211. The third-order valence-electron chi connectivity index (χ3n) is 3.85. The minimum Gasteiger partial charge on any atom is -0.497 e. The number of carbonyl (C=O) groups excluding carboxylic acids is 2. The number of esters is 1. The molecular formula is C19H18N4O5. The molecule has 28 heavy (non-hydrogen) atoms. The van der Waals surface area contributed by atoms with E-state index in [4.69, 9.17) is 14.2 Å². The summed E-state index contributed by atoms with van der Waals surface area (Å²) in [7, 11) is 3.12. The van der Waals surface area contributed by atoms with E-state index >= 15 is 0 Å². The molecule has 0 spiro atoms. The highest BCUT2D eigenvalue weighted by atomic mass is 16.5. The molecule has 0 amide bonds. The standard InChI is InChI=1S/C19H18N4O5/c1-26-15-7-3-13(4-8-15)17(24)12-28-18(25)11-23-21-19(20-22-23)14-5-9-16(27-2)10-6-14/h3-10H,11-12H2,1-2H3. The van der Waals surface area contributed by atoms with Crippen LogP contribution in [0.15, 0.2) is 48.5 Å². The van der Waals surface area contributed by atoms with Crippen LogP contribution in [0.2, 0.25) is 0 Å². The number of hydrogen-bond acceptors (Lipinski definition) is 8. The molecule has 3 rings (SSSR count). The van der Waals surface area contributed by atoms with Crippen molar-refractivity contribution in [3.63, 3.8) is 0 Å². The highest BCUT2D eigenvalue weighted by Crippen LogP contribution is 2.18. The second-order valence-corrected chi connectivity index (χ2v) is 5.68. The molecule has 0 aliphatic heterocycles. The lowest BCUT2D eigenvalue weighted by Crippen LogP contribution is -2.19. The van der Waals surface area contributed by atoms with E-state index in [2.05, 4.69) is 15.4 Å². The van der Waals surface area contributed by atoms with Gasteiger partial charge in [-0.05, 0) is 53.7 Å². The van der Waals surface area contributed by atoms with Gasteiger partial charge in [-0.1, -0.05) is 0 Å². The van der Waals surface area contributed by atoms with Crippen molar-refractivity contribution >= 4 is 11.8 Å². The van der Waals surface area contributed by atoms with Crippen molar-refractivity contribution in [2.75, 3.05) is 20.8 Å². The average Bonchev–Trinajstić information content (AvgIpc) is 3.20. The van der Waals surface area contributed by atoms with E-state index in [-0.39, 0.29) is 18.9 Å². The second kappa shape index (κ2) is 8.76. The van der Waals surface area contributed by atoms with Gasteiger partial charge in [0, 0.05) is 11.1 Å². The molecule has 0 radical (unpaired) electrons. The molecule has 0 aliphatic carbocycles. The molecule has 0 unspecified atom stereocenters. The molecule has 3 aromatic rings. The molecule has 9 nitrogen and oxygen atoms in total. The van der Waals surface area contributed by atoms with Crippen molar-refractivity contribution in [1.82, 2.24) is 20.2 Å². The molecule has 0 saturated carbocycles. The van der Waals surface area contributed by atoms with Crippen molar-refractivity contribution in [2.45, 2.75) is 6.54 Å². The van der Waals surface area contributed by atoms with E-state index in [1.807, 2.05) is 0 Å². The van der Waals surface area contributed by atoms with E-state index in [1.54, 1.807) is 55.6 Å². The Balaban J connectivity index is 1.53. The fourth-order valence-electron chi connectivity index (χ4n) is 2.33. The fourth-order valence-corrected chi connectivity index (χ4v) is 2.33. The summed E-state index contributed by atoms with van der Waals surface area (Å²) in [6.45, 7) is -0.621. The van der Waals surface area contributed by atoms with Crippen LogP contribution in [-0.2, 0) is 16.1 Å². The predicted molar refractivity (Wildman–Crippen MR) is 98.1 cm³/mol. The summed E-state index contributed by atoms with van der Waals surface area (Å²) < 4.78 is 15.1. The first-order valence-corrected chi connectivity index (χ1v) is 8.34. The zero-order chi connectivity index (χ0) is 19.9. The van der Waals surface area contributed by atoms with E-state index in [0.29, 0.717) is 22.9 Å². The number of tetrazole rings is 1. The van der Waals surface area contributed by atoms with Gasteiger partial charge in [0.05, 0.1) is 14.2 Å². The normalized spacial score (nSPS) is 10.4. The number of nitrogens with zero attached hydrogens (tertiary/aromatic N) is 4. The van der Waals surface area contributed by atoms with Crippen LogP contribution in [0.3, 0.4) is 0 Å². The maximum Gasteiger partial charge on any atom is 0.330 e. The Morgan fingerprint density at radius 1 is 0.929 bits per heavy atom. The molecule has 0 aliphatic rings. The SMILES string of the molecule is COc1ccc(C(=O)COC(=O)Cn2nnc(-c3ccc(OC)cc3)n2)cc1. The number of rotatable bonds is 8. The number of ketones is 1. The summed E-state index contributed by atoms with van der Waals surface area (Å²) in [4.78, 5) is 25.1. The number of ether oxygens (including phenoxy) is 3. The zero-order valence-corrected chi connectivity index (χ0v) is 15.4. The highest BCUT2D eigenvalue weighted by molar-refractivity contribution is 5.98. The van der Waals surface area contributed by atoms with Crippen LogP contribution in [0.1, 0.15) is 10.4 Å². The van der Waals surface area contributed by atoms with Crippen LogP contribution in [0.4, 0.5) is 0 Å². The van der Waals surface area contributed by atoms with E-state index in [0.717, 1.165) is 10.4 Å². The summed E-state index contributed by atoms with van der Waals surface area (Å²) in [5.74, 6) is 0.756. The minimum absolute atomic E-state index is 0.251. The lowest BCUT2D eigenvalue weighted by molar-refractivity contribution is -0.143. The monoisotopic (exact) mass is 382 g/mol. The molecule has 0 fully saturated rings. The van der Waals surface area contributed by atoms with Gasteiger partial charge in [0.15, 0.2) is 18.9 Å². The molecule has 1 heterocycles. The first kappa shape index (κ1) is 19.0. The summed E-state index contributed by atoms with van der Waals surface area (Å²) in [5, 5.41) is 11.9. The lowest BCUT2D eigenvalue weighted by atomic mass is 10.1. The van der Waals surface area contributed by atoms with E-state index < -0.39 is 5.97 Å². The Morgan fingerprint density at radius 3 is 2.14 bits per heavy atom. The van der Waals surface area contributed by atoms with Gasteiger partial charge in [0.1, 0.15) is 11.5 Å². The highest BCUT2D eigenvalue weighted by Gasteiger charge is 2.13. The van der Waals surface area contributed by atoms with E-state index in [9.17, 15) is 9.59 Å². The van der Waals surface area contributed by atoms with Gasteiger partial charge in [-0.2, -0.15) is 4.80 Å². The van der Waals surface area contributed by atoms with Crippen LogP contribution < -0.4 is 9.47 Å². The van der Waals surface area contributed by atoms with Gasteiger partial charge in [-0.15, -0.1) is 10.2 Å². The number of carbonyl (C=O) groups is 2. The Bertz CT molecular complexity index is 951. The molecule has 0 N–H and O–H groups in total. The van der Waals surface area contributed by atoms with Crippen LogP contribution >= 0.6 is 0 Å². The number of aromatic nitrogens is 4. The smallest absolute Gasteiger partial charge is 0.330 e. The second-order valence-electron chi connectivity index (χ2n) is 5.68. The largest absolute Gasteiger partial charge is 0.497 e. The predicted octanol–water partition coefficient (Wildman–Crippen LogP) is 1.78. The van der Waals surface area contributed by atoms with Crippen molar-refractivity contribution in [1.29, 1.82) is 0 Å². The van der Waals surface area contributed by atoms with Gasteiger partial charge in [-0.3, -0.25) is 4.79 Å². The minimum atomic E-state index is -0.638. The summed E-state index contributed by atoms with van der Waals surface area (Å²) in [6.07, 6.45) is 0. The first-order valence-electron chi connectivity index (χ1n) is 8.34. The number of hydrogen-bond donors (Lipinski definition) is 0. The van der Waals surface area contributed by atoms with Gasteiger partial charge >= 0.3 is 5.97 Å².